The lowest BCUT2D eigenvalue weighted by molar-refractivity contribution is -0.193. The highest BCUT2D eigenvalue weighted by atomic mass is 28.4. The molecule has 0 amide bonds. The van der Waals surface area contributed by atoms with Crippen LogP contribution in [0.5, 0.6) is 0 Å². The lowest BCUT2D eigenvalue weighted by atomic mass is 9.90. The van der Waals surface area contributed by atoms with Gasteiger partial charge in [-0.25, -0.2) is 9.59 Å². The molecule has 2 aromatic rings. The minimum Gasteiger partial charge on any atom is -0.457 e. The van der Waals surface area contributed by atoms with Gasteiger partial charge in [0.25, 0.3) is 8.32 Å². The number of benzene rings is 2. The molecule has 0 saturated heterocycles. The van der Waals surface area contributed by atoms with Gasteiger partial charge in [0.2, 0.25) is 0 Å². The molecule has 0 radical (unpaired) electrons. The smallest absolute Gasteiger partial charge is 0.421 e. The van der Waals surface area contributed by atoms with Crippen LogP contribution in [-0.2, 0) is 46.9 Å². The van der Waals surface area contributed by atoms with Gasteiger partial charge >= 0.3 is 29.2 Å². The summed E-state index contributed by atoms with van der Waals surface area (Å²) in [5.41, 5.74) is 4.97. The van der Waals surface area contributed by atoms with Crippen LogP contribution in [0.3, 0.4) is 0 Å². The van der Waals surface area contributed by atoms with E-state index >= 15 is 0 Å². The summed E-state index contributed by atoms with van der Waals surface area (Å²) in [6.07, 6.45) is -1.99. The van der Waals surface area contributed by atoms with E-state index in [1.165, 1.54) is 7.11 Å². The maximum Gasteiger partial charge on any atom is 0.421 e. The van der Waals surface area contributed by atoms with Crippen LogP contribution in [0.1, 0.15) is 68.7 Å². The summed E-state index contributed by atoms with van der Waals surface area (Å²) in [6, 6.07) is 19.4. The summed E-state index contributed by atoms with van der Waals surface area (Å²) in [4.78, 5) is 45.9. The highest BCUT2D eigenvalue weighted by Crippen LogP contribution is 2.38. The van der Waals surface area contributed by atoms with Crippen molar-refractivity contribution in [3.8, 4) is 0 Å². The number of carbonyl (C=O) groups excluding carboxylic acids is 3. The molecule has 0 saturated carbocycles. The number of esters is 3. The van der Waals surface area contributed by atoms with E-state index < -0.39 is 74.8 Å². The summed E-state index contributed by atoms with van der Waals surface area (Å²) in [5, 5.41) is 1.28. The van der Waals surface area contributed by atoms with E-state index in [2.05, 4.69) is 25.6 Å². The predicted octanol–water partition coefficient (Wildman–Crippen LogP) is 5.43. The van der Waals surface area contributed by atoms with Gasteiger partial charge in [-0.3, -0.25) is 4.79 Å². The average molecular weight is 759 g/mol. The first-order valence-electron chi connectivity index (χ1n) is 17.3. The fourth-order valence-electron chi connectivity index (χ4n) is 5.68. The number of nitrogens with zero attached hydrogens (tertiary/aromatic N) is 2. The second-order valence-corrected chi connectivity index (χ2v) is 25.2. The number of carbonyl (C=O) groups is 3. The van der Waals surface area contributed by atoms with Gasteiger partial charge in [0, 0.05) is 7.11 Å². The van der Waals surface area contributed by atoms with E-state index in [4.69, 9.17) is 32.5 Å². The molecule has 0 heterocycles. The predicted molar refractivity (Wildman–Crippen MR) is 203 cm³/mol. The van der Waals surface area contributed by atoms with Gasteiger partial charge in [-0.15, -0.1) is 0 Å². The maximum atomic E-state index is 14.8. The zero-order valence-corrected chi connectivity index (χ0v) is 35.2. The van der Waals surface area contributed by atoms with Crippen molar-refractivity contribution in [1.29, 1.82) is 0 Å². The van der Waals surface area contributed by atoms with Crippen molar-refractivity contribution in [2.24, 2.45) is 0 Å². The molecule has 12 nitrogen and oxygen atoms in total. The third-order valence-electron chi connectivity index (χ3n) is 7.46. The molecule has 0 aromatic heterocycles. The molecule has 0 aliphatic rings. The van der Waals surface area contributed by atoms with Crippen molar-refractivity contribution < 1.29 is 51.7 Å². The van der Waals surface area contributed by atoms with Crippen LogP contribution in [0.4, 0.5) is 0 Å². The Balaban J connectivity index is 3.05. The average Bonchev–Trinajstić information content (AvgIpc) is 3.00. The Morgan fingerprint density at radius 3 is 1.69 bits per heavy atom. The first-order chi connectivity index (χ1) is 23.9. The van der Waals surface area contributed by atoms with Gasteiger partial charge in [0.1, 0.15) is 18.0 Å². The molecule has 0 aliphatic heterocycles. The maximum absolute atomic E-state index is 14.8. The number of methoxy groups -OCH3 is 1. The van der Waals surface area contributed by atoms with Crippen LogP contribution in [0, 0.1) is 0 Å². The second kappa shape index (κ2) is 18.0. The molecule has 0 unspecified atom stereocenters. The van der Waals surface area contributed by atoms with Crippen LogP contribution in [0.25, 0.3) is 5.53 Å². The Labute approximate surface area is 311 Å². The third kappa shape index (κ3) is 12.0. The van der Waals surface area contributed by atoms with E-state index in [0.717, 1.165) is 10.4 Å². The van der Waals surface area contributed by atoms with Gasteiger partial charge < -0.3 is 38.1 Å². The molecule has 0 spiro atoms. The van der Waals surface area contributed by atoms with E-state index in [0.29, 0.717) is 0 Å². The summed E-state index contributed by atoms with van der Waals surface area (Å²) in [7, 11) is -4.91. The van der Waals surface area contributed by atoms with Crippen LogP contribution in [0.2, 0.25) is 24.7 Å². The van der Waals surface area contributed by atoms with E-state index in [-0.39, 0.29) is 19.8 Å². The van der Waals surface area contributed by atoms with Crippen molar-refractivity contribution in [3.05, 3.63) is 66.2 Å². The van der Waals surface area contributed by atoms with Gasteiger partial charge in [-0.1, -0.05) is 81.4 Å². The normalized spacial score (nSPS) is 14.4. The molecule has 0 N–H and O–H groups in total. The first-order valence-corrected chi connectivity index (χ1v) is 22.7. The topological polar surface area (TPSA) is 152 Å². The molecule has 288 valence electrons. The SMILES string of the molecule is COCOCCC(=O)O[C@H](CO[Si](c1ccccc1)(c1ccccc1)C(C)(C)C)[C@@](O[Si](C)(C)C)(C(=O)OC(C)(C)C)C(=[N+]=[N-])C(=O)OC(C)(C)C. The fourth-order valence-corrected chi connectivity index (χ4v) is 11.5. The standard InChI is InChI=1S/C38H58N2O10Si2/c1-35(2,3)48-33(42)32(40-39)38(50-51(11,12)13,34(43)49-36(4,5)6)30(47-31(41)24-25-45-27-44-10)26-46-52(37(7,8)9,28-20-16-14-17-21-28)29-22-18-15-19-23-29/h14-23,30H,24-27H2,1-13H3/t30-,38+/m1/s1. The van der Waals surface area contributed by atoms with Gasteiger partial charge in [0.15, 0.2) is 14.4 Å². The van der Waals surface area contributed by atoms with Crippen LogP contribution in [0.15, 0.2) is 60.7 Å². The van der Waals surface area contributed by atoms with Crippen LogP contribution in [-0.4, -0.2) is 95.1 Å². The quantitative estimate of drug-likeness (QED) is 0.0299. The van der Waals surface area contributed by atoms with Gasteiger partial charge in [0.05, 0.1) is 19.6 Å². The molecular weight excluding hydrogens is 701 g/mol. The molecule has 0 bridgehead atoms. The fraction of sp³-hybridized carbons (Fsp3) is 0.579. The molecular formula is C38H58N2O10Si2. The number of hydrogen-bond acceptors (Lipinski definition) is 10. The lowest BCUT2D eigenvalue weighted by Gasteiger charge is -2.45. The molecule has 2 aromatic carbocycles. The van der Waals surface area contributed by atoms with Crippen LogP contribution >= 0.6 is 0 Å². The van der Waals surface area contributed by atoms with E-state index in [9.17, 15) is 19.9 Å². The molecule has 2 rings (SSSR count). The minimum atomic E-state index is -3.38. The van der Waals surface area contributed by atoms with Crippen LogP contribution < -0.4 is 10.4 Å². The van der Waals surface area contributed by atoms with Crippen molar-refractivity contribution >= 4 is 50.6 Å². The lowest BCUT2D eigenvalue weighted by Crippen LogP contribution is -2.70. The number of ether oxygens (including phenoxy) is 5. The largest absolute Gasteiger partial charge is 0.457 e. The van der Waals surface area contributed by atoms with Crippen molar-refractivity contribution in [2.45, 2.75) is 116 Å². The molecule has 14 heteroatoms. The summed E-state index contributed by atoms with van der Waals surface area (Å²) in [6.45, 7) is 20.7. The highest BCUT2D eigenvalue weighted by Gasteiger charge is 2.67. The summed E-state index contributed by atoms with van der Waals surface area (Å²) in [5.74, 6) is -3.10. The number of rotatable bonds is 17. The Bertz CT molecular complexity index is 1500. The molecule has 2 atom stereocenters. The summed E-state index contributed by atoms with van der Waals surface area (Å²) >= 11 is 0. The third-order valence-corrected chi connectivity index (χ3v) is 13.4. The van der Waals surface area contributed by atoms with Crippen molar-refractivity contribution in [2.75, 3.05) is 27.1 Å². The number of hydrogen-bond donors (Lipinski definition) is 0. The molecule has 0 fully saturated rings. The highest BCUT2D eigenvalue weighted by molar-refractivity contribution is 6.99. The Morgan fingerprint density at radius 1 is 0.788 bits per heavy atom. The minimum absolute atomic E-state index is 0.0613. The second-order valence-electron chi connectivity index (χ2n) is 16.4. The van der Waals surface area contributed by atoms with Crippen molar-refractivity contribution in [3.63, 3.8) is 0 Å². The van der Waals surface area contributed by atoms with Gasteiger partial charge in [-0.2, -0.15) is 4.79 Å². The Morgan fingerprint density at radius 2 is 1.29 bits per heavy atom. The Kier molecular flexibility index (Phi) is 15.5. The zero-order valence-electron chi connectivity index (χ0n) is 33.2. The van der Waals surface area contributed by atoms with Gasteiger partial charge in [-0.05, 0) is 76.6 Å². The van der Waals surface area contributed by atoms with E-state index in [1.54, 1.807) is 61.2 Å². The van der Waals surface area contributed by atoms with E-state index in [1.807, 2.05) is 60.7 Å². The van der Waals surface area contributed by atoms with Crippen molar-refractivity contribution in [1.82, 2.24) is 0 Å². The Hall–Kier alpha value is -3.50. The first kappa shape index (κ1) is 44.7. The molecule has 0 aliphatic carbocycles. The molecule has 52 heavy (non-hydrogen) atoms. The monoisotopic (exact) mass is 758 g/mol. The summed E-state index contributed by atoms with van der Waals surface area (Å²) < 4.78 is 41.9. The zero-order chi connectivity index (χ0) is 39.6.